The van der Waals surface area contributed by atoms with E-state index in [9.17, 15) is 43.5 Å². The van der Waals surface area contributed by atoms with E-state index in [1.807, 2.05) is 65.0 Å². The maximum absolute atomic E-state index is 14.3. The van der Waals surface area contributed by atoms with Crippen LogP contribution in [0.15, 0.2) is 48.0 Å². The molecule has 0 aliphatic carbocycles. The van der Waals surface area contributed by atoms with Gasteiger partial charge in [0.05, 0.1) is 45.8 Å². The van der Waals surface area contributed by atoms with Crippen molar-refractivity contribution in [2.24, 2.45) is 11.1 Å². The van der Waals surface area contributed by atoms with Gasteiger partial charge >= 0.3 is 6.09 Å². The molecule has 6 rings (SSSR count). The fourth-order valence-corrected chi connectivity index (χ4v) is 11.3. The fourth-order valence-electron chi connectivity index (χ4n) is 10.2. The summed E-state index contributed by atoms with van der Waals surface area (Å²) >= 11 is 8.45. The summed E-state index contributed by atoms with van der Waals surface area (Å²) in [6, 6.07) is 7.67. The van der Waals surface area contributed by atoms with Gasteiger partial charge in [-0.3, -0.25) is 33.6 Å². The summed E-state index contributed by atoms with van der Waals surface area (Å²) in [6.45, 7) is 15.9. The van der Waals surface area contributed by atoms with Crippen LogP contribution in [0.4, 0.5) is 4.79 Å². The molecule has 3 aromatic rings. The lowest BCUT2D eigenvalue weighted by atomic mass is 9.85. The first-order valence-corrected chi connectivity index (χ1v) is 28.1. The van der Waals surface area contributed by atoms with E-state index in [1.54, 1.807) is 49.8 Å². The number of carbonyl (C=O) groups is 8. The molecule has 22 heteroatoms. The number of hydrogen-bond donors (Lipinski definition) is 6. The Labute approximate surface area is 466 Å². The number of alkyl carbamates (subject to hydrolysis) is 1. The molecule has 78 heavy (non-hydrogen) atoms. The monoisotopic (exact) mass is 1120 g/mol. The molecule has 8 atom stereocenters. The van der Waals surface area contributed by atoms with Gasteiger partial charge in [-0.25, -0.2) is 9.78 Å². The second-order valence-electron chi connectivity index (χ2n) is 22.8. The Kier molecular flexibility index (Phi) is 20.7. The van der Waals surface area contributed by atoms with Crippen LogP contribution >= 0.6 is 22.9 Å². The highest BCUT2D eigenvalue weighted by Gasteiger charge is 2.47. The van der Waals surface area contributed by atoms with E-state index in [2.05, 4.69) is 26.3 Å². The average molecular weight is 1120 g/mol. The van der Waals surface area contributed by atoms with Crippen molar-refractivity contribution < 1.29 is 52.9 Å². The van der Waals surface area contributed by atoms with Crippen LogP contribution < -0.4 is 31.7 Å². The van der Waals surface area contributed by atoms with Gasteiger partial charge in [0, 0.05) is 45.3 Å². The van der Waals surface area contributed by atoms with Crippen molar-refractivity contribution in [3.63, 3.8) is 0 Å². The van der Waals surface area contributed by atoms with Gasteiger partial charge in [-0.15, -0.1) is 11.3 Å². The average Bonchev–Trinajstić information content (AvgIpc) is 4.13. The Morgan fingerprint density at radius 1 is 0.910 bits per heavy atom. The molecule has 8 amide bonds. The van der Waals surface area contributed by atoms with Gasteiger partial charge in [-0.05, 0) is 108 Å². The number of β-amino-alcohol motifs (C(OH)–C–C–N with tert-alkyl or cyclic N) is 1. The van der Waals surface area contributed by atoms with Crippen molar-refractivity contribution in [3.05, 3.63) is 69.8 Å². The van der Waals surface area contributed by atoms with E-state index in [0.717, 1.165) is 27.3 Å². The number of unbranched alkanes of at least 4 members (excludes halogenated alkanes) is 1. The lowest BCUT2D eigenvalue weighted by Gasteiger charge is -2.38. The van der Waals surface area contributed by atoms with Crippen LogP contribution in [-0.2, 0) is 44.7 Å². The number of aryl methyl sites for hydroxylation is 2. The van der Waals surface area contributed by atoms with Crippen LogP contribution in [0.2, 0.25) is 5.02 Å². The summed E-state index contributed by atoms with van der Waals surface area (Å²) in [5, 5.41) is 22.6. The van der Waals surface area contributed by atoms with Crippen LogP contribution in [0.3, 0.4) is 0 Å². The molecule has 3 saturated heterocycles. The number of carbonyl (C=O) groups excluding carboxylic acids is 8. The predicted octanol–water partition coefficient (Wildman–Crippen LogP) is 5.49. The van der Waals surface area contributed by atoms with E-state index < -0.39 is 83.0 Å². The third-order valence-corrected chi connectivity index (χ3v) is 15.8. The van der Waals surface area contributed by atoms with Crippen LogP contribution in [0.5, 0.6) is 5.75 Å². The molecule has 3 fully saturated rings. The standard InChI is InChI=1S/C56H78ClN9O11S/c1-32(35-17-19-37(20-18-35)48-33(2)59-31-78-48)60-51(72)43-27-40(68)28-65(43)53(74)49(55(4,5)6)63-46(70)16-11-10-13-36-14-12-15-44(47(36)57)76-30-38(21-24-45(58)69)61-50(71)42-23-22-39-25-26-64(34(3)67)29-41(52(73)66(39)42)62-54(75)77-56(7,8)9/h12,14-15,17-20,31-32,38-43,49,68H,10-11,13,16,21-30H2,1-9H3,(H2,58,69)(H,60,72)(H,61,71)(H,62,75)(H,63,70)/t32-,38-,39?,40+,41-,42-,43-,49+/m0/s1. The van der Waals surface area contributed by atoms with Crippen LogP contribution in [0.25, 0.3) is 10.4 Å². The molecule has 426 valence electrons. The summed E-state index contributed by atoms with van der Waals surface area (Å²) < 4.78 is 11.6. The molecule has 0 radical (unpaired) electrons. The Bertz CT molecular complexity index is 2650. The second-order valence-corrected chi connectivity index (χ2v) is 24.0. The minimum absolute atomic E-state index is 0.0487. The van der Waals surface area contributed by atoms with Crippen LogP contribution in [-0.4, -0.2) is 146 Å². The van der Waals surface area contributed by atoms with Crippen molar-refractivity contribution >= 4 is 70.4 Å². The summed E-state index contributed by atoms with van der Waals surface area (Å²) in [7, 11) is 0. The summed E-state index contributed by atoms with van der Waals surface area (Å²) in [6.07, 6.45) is 1.20. The van der Waals surface area contributed by atoms with E-state index in [4.69, 9.17) is 26.8 Å². The van der Waals surface area contributed by atoms with Gasteiger partial charge in [0.1, 0.15) is 42.1 Å². The zero-order valence-corrected chi connectivity index (χ0v) is 47.9. The van der Waals surface area contributed by atoms with Crippen molar-refractivity contribution in [2.75, 3.05) is 26.2 Å². The number of aromatic nitrogens is 1. The first-order valence-electron chi connectivity index (χ1n) is 26.9. The number of primary amides is 1. The van der Waals surface area contributed by atoms with Crippen molar-refractivity contribution in [1.29, 1.82) is 0 Å². The summed E-state index contributed by atoms with van der Waals surface area (Å²) in [5.41, 5.74) is 9.34. The molecule has 2 aromatic carbocycles. The highest BCUT2D eigenvalue weighted by atomic mass is 35.5. The van der Waals surface area contributed by atoms with Crippen molar-refractivity contribution in [3.8, 4) is 16.2 Å². The molecule has 3 aliphatic rings. The van der Waals surface area contributed by atoms with Gasteiger partial charge in [0.15, 0.2) is 0 Å². The van der Waals surface area contributed by atoms with Gasteiger partial charge in [-0.2, -0.15) is 0 Å². The first kappa shape index (κ1) is 60.9. The number of halogens is 1. The lowest BCUT2D eigenvalue weighted by Crippen LogP contribution is -2.61. The van der Waals surface area contributed by atoms with Gasteiger partial charge in [0.25, 0.3) is 0 Å². The fraction of sp³-hybridized carbons (Fsp3) is 0.589. The van der Waals surface area contributed by atoms with E-state index in [1.165, 1.54) is 21.6 Å². The number of fused-ring (bicyclic) bond motifs is 1. The van der Waals surface area contributed by atoms with Gasteiger partial charge < -0.3 is 56.3 Å². The minimum Gasteiger partial charge on any atom is -0.490 e. The number of hydrogen-bond acceptors (Lipinski definition) is 13. The van der Waals surface area contributed by atoms with E-state index in [-0.39, 0.29) is 69.3 Å². The number of aliphatic hydroxyl groups is 1. The molecular weight excluding hydrogens is 1040 g/mol. The molecule has 0 spiro atoms. The number of thiazole rings is 1. The molecule has 1 unspecified atom stereocenters. The molecule has 20 nitrogen and oxygen atoms in total. The summed E-state index contributed by atoms with van der Waals surface area (Å²) in [5.74, 6) is -2.69. The van der Waals surface area contributed by atoms with Gasteiger partial charge in [-0.1, -0.05) is 68.8 Å². The highest BCUT2D eigenvalue weighted by Crippen LogP contribution is 2.33. The van der Waals surface area contributed by atoms with Crippen molar-refractivity contribution in [2.45, 2.75) is 181 Å². The number of ether oxygens (including phenoxy) is 2. The SMILES string of the molecule is CC(=O)N1CCC2CC[C@@H](C(=O)N[C@@H](CCC(N)=O)COc3cccc(CCCCC(=O)N[C@H](C(=O)N4C[C@H](O)C[C@H]4C(=O)N[C@@H](C)c4ccc(-c5scnc5C)cc4)C(C)(C)C)c3Cl)N2C(=O)[C@@H](NC(=O)OC(C)(C)C)C1. The molecular formula is C56H78ClN9O11S. The van der Waals surface area contributed by atoms with E-state index in [0.29, 0.717) is 55.8 Å². The van der Waals surface area contributed by atoms with Crippen LogP contribution in [0, 0.1) is 12.3 Å². The topological polar surface area (TPSA) is 272 Å². The molecule has 7 N–H and O–H groups in total. The largest absolute Gasteiger partial charge is 0.490 e. The number of nitrogens with one attached hydrogen (secondary N) is 4. The number of amides is 8. The second kappa shape index (κ2) is 26.6. The maximum atomic E-state index is 14.3. The number of nitrogens with two attached hydrogens (primary N) is 1. The Balaban J connectivity index is 1.02. The number of likely N-dealkylation sites (tertiary alicyclic amines) is 1. The summed E-state index contributed by atoms with van der Waals surface area (Å²) in [4.78, 5) is 117. The van der Waals surface area contributed by atoms with Crippen molar-refractivity contribution in [1.82, 2.24) is 41.0 Å². The highest BCUT2D eigenvalue weighted by molar-refractivity contribution is 7.13. The maximum Gasteiger partial charge on any atom is 0.408 e. The Morgan fingerprint density at radius 2 is 1.62 bits per heavy atom. The van der Waals surface area contributed by atoms with E-state index >= 15 is 0 Å². The Hall–Kier alpha value is -6.32. The number of aliphatic hydroxyl groups excluding tert-OH is 1. The molecule has 0 saturated carbocycles. The third kappa shape index (κ3) is 16.4. The zero-order valence-electron chi connectivity index (χ0n) is 46.3. The zero-order chi connectivity index (χ0) is 57.2. The minimum atomic E-state index is -1.17. The smallest absolute Gasteiger partial charge is 0.408 e. The predicted molar refractivity (Wildman–Crippen MR) is 295 cm³/mol. The molecule has 4 heterocycles. The third-order valence-electron chi connectivity index (χ3n) is 14.4. The first-order chi connectivity index (χ1) is 36.7. The molecule has 1 aromatic heterocycles. The van der Waals surface area contributed by atoms with Crippen LogP contribution in [0.1, 0.15) is 136 Å². The number of nitrogens with zero attached hydrogens (tertiary/aromatic N) is 4. The number of benzene rings is 2. The molecule has 3 aliphatic heterocycles. The van der Waals surface area contributed by atoms with Gasteiger partial charge in [0.2, 0.25) is 41.4 Å². The normalized spacial score (nSPS) is 20.8. The number of rotatable bonds is 20. The quantitative estimate of drug-likeness (QED) is 0.0767. The molecule has 0 bridgehead atoms. The lowest BCUT2D eigenvalue weighted by molar-refractivity contribution is -0.145. The Morgan fingerprint density at radius 3 is 2.26 bits per heavy atom.